The first-order chi connectivity index (χ1) is 11.3. The maximum atomic E-state index is 4.67. The molecule has 1 atom stereocenters. The summed E-state index contributed by atoms with van der Waals surface area (Å²) in [6.07, 6.45) is 4.23. The van der Waals surface area contributed by atoms with E-state index in [1.54, 1.807) is 0 Å². The van der Waals surface area contributed by atoms with Gasteiger partial charge in [0.25, 0.3) is 0 Å². The SMILES string of the molecule is Cc1cc(Nc2nc(NC3CCCNC3)c3cc[nH]c3n2)sn1.Cl. The van der Waals surface area contributed by atoms with E-state index in [-0.39, 0.29) is 12.4 Å². The van der Waals surface area contributed by atoms with E-state index in [9.17, 15) is 0 Å². The van der Waals surface area contributed by atoms with Gasteiger partial charge in [-0.1, -0.05) is 0 Å². The summed E-state index contributed by atoms with van der Waals surface area (Å²) in [5.74, 6) is 1.45. The topological polar surface area (TPSA) is 90.6 Å². The molecule has 0 amide bonds. The predicted molar refractivity (Wildman–Crippen MR) is 101 cm³/mol. The number of halogens is 1. The van der Waals surface area contributed by atoms with Crippen LogP contribution in [-0.2, 0) is 0 Å². The molecular weight excluding hydrogens is 346 g/mol. The van der Waals surface area contributed by atoms with Crippen LogP contribution in [0.2, 0.25) is 0 Å². The third kappa shape index (κ3) is 3.61. The molecule has 0 radical (unpaired) electrons. The zero-order valence-corrected chi connectivity index (χ0v) is 14.9. The van der Waals surface area contributed by atoms with E-state index in [1.165, 1.54) is 18.0 Å². The van der Waals surface area contributed by atoms with Crippen LogP contribution in [0.1, 0.15) is 18.5 Å². The molecule has 0 spiro atoms. The lowest BCUT2D eigenvalue weighted by molar-refractivity contribution is 0.479. The summed E-state index contributed by atoms with van der Waals surface area (Å²) in [5.41, 5.74) is 1.82. The molecule has 1 fully saturated rings. The number of aromatic amines is 1. The monoisotopic (exact) mass is 365 g/mol. The molecule has 7 nitrogen and oxygen atoms in total. The summed E-state index contributed by atoms with van der Waals surface area (Å²) in [5, 5.41) is 12.2. The van der Waals surface area contributed by atoms with Gasteiger partial charge in [-0.2, -0.15) is 14.3 Å². The Morgan fingerprint density at radius 2 is 2.25 bits per heavy atom. The van der Waals surface area contributed by atoms with Gasteiger partial charge < -0.3 is 20.9 Å². The molecule has 0 bridgehead atoms. The number of hydrogen-bond acceptors (Lipinski definition) is 7. The minimum Gasteiger partial charge on any atom is -0.365 e. The average Bonchev–Trinajstić information content (AvgIpc) is 3.17. The van der Waals surface area contributed by atoms with E-state index in [2.05, 4.69) is 35.3 Å². The number of piperidine rings is 1. The number of anilines is 3. The largest absolute Gasteiger partial charge is 0.365 e. The summed E-state index contributed by atoms with van der Waals surface area (Å²) < 4.78 is 4.27. The minimum atomic E-state index is 0. The van der Waals surface area contributed by atoms with Gasteiger partial charge in [0.15, 0.2) is 0 Å². The highest BCUT2D eigenvalue weighted by molar-refractivity contribution is 7.10. The number of nitrogens with one attached hydrogen (secondary N) is 4. The number of nitrogens with zero attached hydrogens (tertiary/aromatic N) is 3. The van der Waals surface area contributed by atoms with E-state index in [0.717, 1.165) is 47.1 Å². The van der Waals surface area contributed by atoms with Crippen molar-refractivity contribution >= 4 is 51.7 Å². The molecule has 1 saturated heterocycles. The van der Waals surface area contributed by atoms with Crippen LogP contribution in [0.15, 0.2) is 18.3 Å². The first-order valence-corrected chi connectivity index (χ1v) is 8.58. The summed E-state index contributed by atoms with van der Waals surface area (Å²) in [6, 6.07) is 4.40. The highest BCUT2D eigenvalue weighted by atomic mass is 35.5. The molecule has 1 aliphatic heterocycles. The van der Waals surface area contributed by atoms with Crippen molar-refractivity contribution in [1.29, 1.82) is 0 Å². The van der Waals surface area contributed by atoms with Gasteiger partial charge in [0.2, 0.25) is 5.95 Å². The Bertz CT molecular complexity index is 809. The van der Waals surface area contributed by atoms with Gasteiger partial charge >= 0.3 is 0 Å². The summed E-state index contributed by atoms with van der Waals surface area (Å²) >= 11 is 1.41. The highest BCUT2D eigenvalue weighted by Crippen LogP contribution is 2.25. The number of fused-ring (bicyclic) bond motifs is 1. The molecule has 1 unspecified atom stereocenters. The van der Waals surface area contributed by atoms with Crippen molar-refractivity contribution < 1.29 is 0 Å². The van der Waals surface area contributed by atoms with Crippen LogP contribution in [-0.4, -0.2) is 38.5 Å². The lowest BCUT2D eigenvalue weighted by atomic mass is 10.1. The Labute approximate surface area is 150 Å². The molecule has 1 aliphatic rings. The number of aromatic nitrogens is 4. The van der Waals surface area contributed by atoms with Gasteiger partial charge in [-0.3, -0.25) is 0 Å². The van der Waals surface area contributed by atoms with Crippen molar-refractivity contribution in [2.75, 3.05) is 23.7 Å². The van der Waals surface area contributed by atoms with Gasteiger partial charge in [0, 0.05) is 18.8 Å². The van der Waals surface area contributed by atoms with E-state index in [4.69, 9.17) is 0 Å². The van der Waals surface area contributed by atoms with Crippen molar-refractivity contribution in [3.8, 4) is 0 Å². The van der Waals surface area contributed by atoms with Crippen molar-refractivity contribution in [1.82, 2.24) is 24.6 Å². The van der Waals surface area contributed by atoms with Gasteiger partial charge in [-0.15, -0.1) is 12.4 Å². The quantitative estimate of drug-likeness (QED) is 0.568. The molecule has 0 aliphatic carbocycles. The number of rotatable bonds is 4. The lowest BCUT2D eigenvalue weighted by Crippen LogP contribution is -2.38. The fraction of sp³-hybridized carbons (Fsp3) is 0.400. The van der Waals surface area contributed by atoms with E-state index in [0.29, 0.717) is 12.0 Å². The van der Waals surface area contributed by atoms with Gasteiger partial charge in [0.05, 0.1) is 11.1 Å². The molecule has 4 N–H and O–H groups in total. The first-order valence-electron chi connectivity index (χ1n) is 7.81. The van der Waals surface area contributed by atoms with Crippen LogP contribution < -0.4 is 16.0 Å². The van der Waals surface area contributed by atoms with Gasteiger partial charge in [-0.05, 0) is 50.0 Å². The molecule has 0 aromatic carbocycles. The Balaban J connectivity index is 0.00000169. The summed E-state index contributed by atoms with van der Waals surface area (Å²) in [6.45, 7) is 4.03. The summed E-state index contributed by atoms with van der Waals surface area (Å²) in [7, 11) is 0. The second kappa shape index (κ2) is 7.33. The zero-order chi connectivity index (χ0) is 15.6. The highest BCUT2D eigenvalue weighted by Gasteiger charge is 2.16. The van der Waals surface area contributed by atoms with Crippen molar-refractivity contribution in [3.05, 3.63) is 24.0 Å². The van der Waals surface area contributed by atoms with Crippen LogP contribution in [0.5, 0.6) is 0 Å². The second-order valence-electron chi connectivity index (χ2n) is 5.78. The number of H-pyrrole nitrogens is 1. The van der Waals surface area contributed by atoms with Crippen molar-refractivity contribution in [2.24, 2.45) is 0 Å². The third-order valence-electron chi connectivity index (χ3n) is 3.92. The standard InChI is InChI=1S/C15H19N7S.ClH/c1-9-7-12(23-22-9)19-15-20-13-11(4-6-17-13)14(21-15)18-10-3-2-5-16-8-10;/h4,6-7,10,16H,2-3,5,8H2,1H3,(H3,17,18,19,20,21);1H. The van der Waals surface area contributed by atoms with Crippen LogP contribution in [0.25, 0.3) is 11.0 Å². The maximum absolute atomic E-state index is 4.67. The van der Waals surface area contributed by atoms with E-state index < -0.39 is 0 Å². The molecule has 4 rings (SSSR count). The molecule has 0 saturated carbocycles. The first kappa shape index (κ1) is 16.9. The van der Waals surface area contributed by atoms with Crippen molar-refractivity contribution in [3.63, 3.8) is 0 Å². The fourth-order valence-electron chi connectivity index (χ4n) is 2.81. The fourth-order valence-corrected chi connectivity index (χ4v) is 3.46. The van der Waals surface area contributed by atoms with Crippen molar-refractivity contribution in [2.45, 2.75) is 25.8 Å². The Morgan fingerprint density at radius 1 is 1.33 bits per heavy atom. The number of hydrogen-bond donors (Lipinski definition) is 4. The average molecular weight is 366 g/mol. The van der Waals surface area contributed by atoms with E-state index >= 15 is 0 Å². The van der Waals surface area contributed by atoms with Crippen LogP contribution in [0.4, 0.5) is 16.8 Å². The third-order valence-corrected chi connectivity index (χ3v) is 4.71. The normalized spacial score (nSPS) is 17.5. The van der Waals surface area contributed by atoms with E-state index in [1.807, 2.05) is 25.3 Å². The van der Waals surface area contributed by atoms with Gasteiger partial charge in [-0.25, -0.2) is 0 Å². The molecule has 9 heteroatoms. The molecular formula is C15H20ClN7S. The lowest BCUT2D eigenvalue weighted by Gasteiger charge is -2.24. The van der Waals surface area contributed by atoms with Crippen LogP contribution in [0.3, 0.4) is 0 Å². The summed E-state index contributed by atoms with van der Waals surface area (Å²) in [4.78, 5) is 12.4. The minimum absolute atomic E-state index is 0. The molecule has 128 valence electrons. The predicted octanol–water partition coefficient (Wildman–Crippen LogP) is 3.05. The second-order valence-corrected chi connectivity index (χ2v) is 6.59. The molecule has 3 aromatic heterocycles. The molecule has 24 heavy (non-hydrogen) atoms. The molecule has 4 heterocycles. The molecule has 3 aromatic rings. The van der Waals surface area contributed by atoms with Crippen LogP contribution >= 0.6 is 23.9 Å². The Kier molecular flexibility index (Phi) is 5.17. The maximum Gasteiger partial charge on any atom is 0.231 e. The zero-order valence-electron chi connectivity index (χ0n) is 13.3. The Hall–Kier alpha value is -1.90. The number of aryl methyl sites for hydroxylation is 1. The van der Waals surface area contributed by atoms with Gasteiger partial charge in [0.1, 0.15) is 16.5 Å². The smallest absolute Gasteiger partial charge is 0.231 e. The Morgan fingerprint density at radius 3 is 3.00 bits per heavy atom. The van der Waals surface area contributed by atoms with Crippen LogP contribution in [0, 0.1) is 6.92 Å².